The van der Waals surface area contributed by atoms with Crippen LogP contribution in [-0.2, 0) is 6.18 Å². The number of alkyl halides is 3. The van der Waals surface area contributed by atoms with Crippen molar-refractivity contribution in [3.63, 3.8) is 0 Å². The van der Waals surface area contributed by atoms with Crippen molar-refractivity contribution in [2.75, 3.05) is 6.61 Å². The van der Waals surface area contributed by atoms with Crippen LogP contribution in [0.3, 0.4) is 0 Å². The van der Waals surface area contributed by atoms with Crippen LogP contribution in [0.25, 0.3) is 10.8 Å². The molecule has 0 fully saturated rings. The maximum Gasteiger partial charge on any atom is 0.416 e. The number of rotatable bonds is 8. The average Bonchev–Trinajstić information content (AvgIpc) is 2.80. The number of benzene rings is 3. The number of aliphatic hydroxyl groups is 1. The van der Waals surface area contributed by atoms with Crippen LogP contribution < -0.4 is 10.1 Å². The molecular weight excluding hydrogens is 433 g/mol. The van der Waals surface area contributed by atoms with Crippen LogP contribution in [0.2, 0.25) is 0 Å². The van der Waals surface area contributed by atoms with Crippen molar-refractivity contribution in [1.82, 2.24) is 5.32 Å². The highest BCUT2D eigenvalue weighted by Crippen LogP contribution is 2.33. The minimum Gasteiger partial charge on any atom is -0.457 e. The van der Waals surface area contributed by atoms with Crippen LogP contribution in [0.4, 0.5) is 13.2 Å². The van der Waals surface area contributed by atoms with E-state index in [1.54, 1.807) is 42.5 Å². The quantitative estimate of drug-likeness (QED) is 0.348. The number of carbonyl (C=O) groups is 1. The zero-order valence-corrected chi connectivity index (χ0v) is 17.5. The van der Waals surface area contributed by atoms with Crippen molar-refractivity contribution in [2.24, 2.45) is 4.99 Å². The van der Waals surface area contributed by atoms with Gasteiger partial charge in [0.2, 0.25) is 0 Å². The molecule has 0 radical (unpaired) electrons. The van der Waals surface area contributed by atoms with Crippen LogP contribution in [0.1, 0.15) is 15.9 Å². The summed E-state index contributed by atoms with van der Waals surface area (Å²) in [7, 11) is 0. The highest BCUT2D eigenvalue weighted by Gasteiger charge is 2.30. The van der Waals surface area contributed by atoms with Crippen LogP contribution in [0.5, 0.6) is 11.5 Å². The van der Waals surface area contributed by atoms with Gasteiger partial charge < -0.3 is 15.2 Å². The second-order valence-electron chi connectivity index (χ2n) is 7.01. The fourth-order valence-corrected chi connectivity index (χ4v) is 3.18. The highest BCUT2D eigenvalue weighted by atomic mass is 19.4. The molecule has 0 saturated carbocycles. The molecule has 3 aromatic carbocycles. The molecular formula is C25H21F3N2O3. The van der Waals surface area contributed by atoms with Crippen molar-refractivity contribution in [3.8, 4) is 11.5 Å². The third-order valence-electron chi connectivity index (χ3n) is 4.83. The molecule has 0 aromatic heterocycles. The molecule has 3 rings (SSSR count). The molecule has 0 aliphatic heterocycles. The number of allylic oxidation sites excluding steroid dienone is 2. The first-order valence-electron chi connectivity index (χ1n) is 9.85. The summed E-state index contributed by atoms with van der Waals surface area (Å²) in [4.78, 5) is 16.5. The number of ether oxygens (including phenoxy) is 1. The predicted molar refractivity (Wildman–Crippen MR) is 122 cm³/mol. The van der Waals surface area contributed by atoms with Gasteiger partial charge in [0.25, 0.3) is 5.91 Å². The van der Waals surface area contributed by atoms with Crippen LogP contribution in [-0.4, -0.2) is 30.4 Å². The normalized spacial score (nSPS) is 12.8. The third kappa shape index (κ3) is 5.67. The smallest absolute Gasteiger partial charge is 0.416 e. The summed E-state index contributed by atoms with van der Waals surface area (Å²) in [5.74, 6) is 0.254. The van der Waals surface area contributed by atoms with E-state index in [1.807, 2.05) is 0 Å². The van der Waals surface area contributed by atoms with Crippen molar-refractivity contribution in [2.45, 2.75) is 12.2 Å². The van der Waals surface area contributed by atoms with Gasteiger partial charge in [0.05, 0.1) is 23.9 Å². The minimum absolute atomic E-state index is 0.251. The van der Waals surface area contributed by atoms with E-state index in [4.69, 9.17) is 4.74 Å². The fourth-order valence-electron chi connectivity index (χ4n) is 3.18. The zero-order chi connectivity index (χ0) is 24.0. The van der Waals surface area contributed by atoms with E-state index in [-0.39, 0.29) is 12.4 Å². The van der Waals surface area contributed by atoms with Crippen molar-refractivity contribution >= 4 is 23.4 Å². The second-order valence-corrected chi connectivity index (χ2v) is 7.01. The van der Waals surface area contributed by atoms with Crippen molar-refractivity contribution in [1.29, 1.82) is 0 Å². The molecule has 1 amide bonds. The minimum atomic E-state index is -4.42. The Morgan fingerprint density at radius 1 is 1.15 bits per heavy atom. The van der Waals surface area contributed by atoms with Crippen LogP contribution in [0.15, 0.2) is 90.1 Å². The molecule has 0 spiro atoms. The highest BCUT2D eigenvalue weighted by molar-refractivity contribution is 6.00. The van der Waals surface area contributed by atoms with Gasteiger partial charge in [-0.2, -0.15) is 13.2 Å². The lowest BCUT2D eigenvalue weighted by atomic mass is 10.0. The van der Waals surface area contributed by atoms with Gasteiger partial charge in [-0.05, 0) is 66.7 Å². The molecule has 0 saturated heterocycles. The third-order valence-corrected chi connectivity index (χ3v) is 4.83. The number of amides is 1. The summed E-state index contributed by atoms with van der Waals surface area (Å²) in [6.07, 6.45) is -1.40. The van der Waals surface area contributed by atoms with Gasteiger partial charge in [0.15, 0.2) is 0 Å². The maximum atomic E-state index is 12.8. The average molecular weight is 454 g/mol. The first kappa shape index (κ1) is 23.7. The SMILES string of the molecule is C=C/C=C(\N=C)C(CO)NC(=O)c1ccc2c(Oc3ccc(C(F)(F)F)cc3)cccc2c1. The van der Waals surface area contributed by atoms with Gasteiger partial charge in [-0.15, -0.1) is 0 Å². The Balaban J connectivity index is 1.83. The van der Waals surface area contributed by atoms with Gasteiger partial charge in [-0.25, -0.2) is 0 Å². The van der Waals surface area contributed by atoms with E-state index in [0.717, 1.165) is 12.1 Å². The molecule has 2 N–H and O–H groups in total. The Kier molecular flexibility index (Phi) is 7.30. The van der Waals surface area contributed by atoms with E-state index < -0.39 is 23.7 Å². The Morgan fingerprint density at radius 3 is 2.48 bits per heavy atom. The number of aliphatic hydroxyl groups excluding tert-OH is 1. The molecule has 0 bridgehead atoms. The van der Waals surface area contributed by atoms with Crippen LogP contribution >= 0.6 is 0 Å². The maximum absolute atomic E-state index is 12.8. The van der Waals surface area contributed by atoms with Gasteiger partial charge in [-0.1, -0.05) is 24.8 Å². The van der Waals surface area contributed by atoms with E-state index >= 15 is 0 Å². The second kappa shape index (κ2) is 10.1. The van der Waals surface area contributed by atoms with Crippen LogP contribution in [0, 0.1) is 0 Å². The van der Waals surface area contributed by atoms with E-state index in [1.165, 1.54) is 18.2 Å². The standard InChI is InChI=1S/C25H21F3N2O3/c1-3-5-21(29-2)22(15-31)30-24(32)17-8-13-20-16(14-17)6-4-7-23(20)33-19-11-9-18(10-12-19)25(26,27)28/h3-14,22,31H,1-2,15H2,(H,30,32)/b21-5-. The Bertz CT molecular complexity index is 1200. The van der Waals surface area contributed by atoms with Gasteiger partial charge in [-0.3, -0.25) is 9.79 Å². The zero-order valence-electron chi connectivity index (χ0n) is 17.5. The molecule has 1 unspecified atom stereocenters. The fraction of sp³-hybridized carbons (Fsp3) is 0.120. The topological polar surface area (TPSA) is 70.9 Å². The Hall–Kier alpha value is -3.91. The van der Waals surface area contributed by atoms with E-state index in [0.29, 0.717) is 27.8 Å². The molecule has 33 heavy (non-hydrogen) atoms. The summed E-state index contributed by atoms with van der Waals surface area (Å²) in [6, 6.07) is 13.8. The molecule has 1 atom stereocenters. The number of halogens is 3. The molecule has 0 heterocycles. The van der Waals surface area contributed by atoms with Crippen molar-refractivity contribution in [3.05, 3.63) is 96.2 Å². The van der Waals surface area contributed by atoms with Gasteiger partial charge in [0, 0.05) is 10.9 Å². The molecule has 170 valence electrons. The lowest BCUT2D eigenvalue weighted by Crippen LogP contribution is -2.38. The monoisotopic (exact) mass is 454 g/mol. The number of carbonyl (C=O) groups excluding carboxylic acids is 1. The summed E-state index contributed by atoms with van der Waals surface area (Å²) < 4.78 is 44.1. The van der Waals surface area contributed by atoms with Gasteiger partial charge >= 0.3 is 6.18 Å². The van der Waals surface area contributed by atoms with Crippen molar-refractivity contribution < 1.29 is 27.8 Å². The summed E-state index contributed by atoms with van der Waals surface area (Å²) in [6.45, 7) is 6.63. The summed E-state index contributed by atoms with van der Waals surface area (Å²) in [5.41, 5.74) is -0.0501. The lowest BCUT2D eigenvalue weighted by molar-refractivity contribution is -0.137. The first-order chi connectivity index (χ1) is 15.8. The summed E-state index contributed by atoms with van der Waals surface area (Å²) in [5, 5.41) is 13.7. The molecule has 5 nitrogen and oxygen atoms in total. The van der Waals surface area contributed by atoms with E-state index in [9.17, 15) is 23.1 Å². The molecule has 0 aliphatic carbocycles. The lowest BCUT2D eigenvalue weighted by Gasteiger charge is -2.17. The van der Waals surface area contributed by atoms with E-state index in [2.05, 4.69) is 23.6 Å². The number of nitrogens with zero attached hydrogens (tertiary/aromatic N) is 1. The predicted octanol–water partition coefficient (Wildman–Crippen LogP) is 5.51. The number of hydrogen-bond donors (Lipinski definition) is 2. The Morgan fingerprint density at radius 2 is 1.88 bits per heavy atom. The molecule has 8 heteroatoms. The number of hydrogen-bond acceptors (Lipinski definition) is 4. The summed E-state index contributed by atoms with van der Waals surface area (Å²) >= 11 is 0. The molecule has 0 aliphatic rings. The first-order valence-corrected chi connectivity index (χ1v) is 9.85. The number of fused-ring (bicyclic) bond motifs is 1. The Labute approximate surface area is 188 Å². The largest absolute Gasteiger partial charge is 0.457 e. The van der Waals surface area contributed by atoms with Gasteiger partial charge in [0.1, 0.15) is 11.5 Å². The number of nitrogens with one attached hydrogen (secondary N) is 1. The number of aliphatic imine (C=N–C) groups is 1. The molecule has 3 aromatic rings.